The molecule has 0 saturated heterocycles. The summed E-state index contributed by atoms with van der Waals surface area (Å²) >= 11 is 12.7. The summed E-state index contributed by atoms with van der Waals surface area (Å²) in [5.41, 5.74) is 2.68. The molecule has 230 valence electrons. The second-order valence-electron chi connectivity index (χ2n) is 11.1. The lowest BCUT2D eigenvalue weighted by molar-refractivity contribution is -0.140. The van der Waals surface area contributed by atoms with Gasteiger partial charge in [0.1, 0.15) is 12.6 Å². The SMILES string of the molecule is CC[C@H](C(=O)NC1CCCCC1)N(Cc1ccc(Cl)cc1Cl)C(=O)CN(c1ccc(C)cc1C)S(=O)(=O)c1ccccc1. The summed E-state index contributed by atoms with van der Waals surface area (Å²) in [6.45, 7) is 5.10. The maximum Gasteiger partial charge on any atom is 0.264 e. The van der Waals surface area contributed by atoms with E-state index >= 15 is 0 Å². The van der Waals surface area contributed by atoms with E-state index in [1.165, 1.54) is 17.0 Å². The number of halogens is 2. The van der Waals surface area contributed by atoms with E-state index in [-0.39, 0.29) is 23.4 Å². The van der Waals surface area contributed by atoms with Crippen molar-refractivity contribution in [3.05, 3.63) is 93.5 Å². The summed E-state index contributed by atoms with van der Waals surface area (Å²) in [6, 6.07) is 17.7. The van der Waals surface area contributed by atoms with Crippen molar-refractivity contribution in [2.24, 2.45) is 0 Å². The van der Waals surface area contributed by atoms with E-state index in [2.05, 4.69) is 5.32 Å². The number of aryl methyl sites for hydroxylation is 2. The summed E-state index contributed by atoms with van der Waals surface area (Å²) in [5.74, 6) is -0.770. The third kappa shape index (κ3) is 8.11. The molecule has 7 nitrogen and oxygen atoms in total. The fourth-order valence-corrected chi connectivity index (χ4v) is 7.58. The lowest BCUT2D eigenvalue weighted by Crippen LogP contribution is -2.54. The highest BCUT2D eigenvalue weighted by atomic mass is 35.5. The number of nitrogens with zero attached hydrogens (tertiary/aromatic N) is 2. The maximum atomic E-state index is 14.3. The summed E-state index contributed by atoms with van der Waals surface area (Å²) in [7, 11) is -4.14. The fourth-order valence-electron chi connectivity index (χ4n) is 5.62. The van der Waals surface area contributed by atoms with Crippen LogP contribution < -0.4 is 9.62 Å². The lowest BCUT2D eigenvalue weighted by atomic mass is 9.95. The molecule has 3 aromatic carbocycles. The molecule has 0 radical (unpaired) electrons. The van der Waals surface area contributed by atoms with Crippen LogP contribution in [0.4, 0.5) is 5.69 Å². The third-order valence-corrected chi connectivity index (χ3v) is 10.3. The van der Waals surface area contributed by atoms with E-state index in [1.54, 1.807) is 42.5 Å². The molecule has 3 aromatic rings. The average molecular weight is 645 g/mol. The molecule has 1 N–H and O–H groups in total. The van der Waals surface area contributed by atoms with Crippen LogP contribution in [0.5, 0.6) is 0 Å². The first kappa shape index (κ1) is 32.8. The number of hydrogen-bond donors (Lipinski definition) is 1. The Bertz CT molecular complexity index is 1540. The van der Waals surface area contributed by atoms with Crippen molar-refractivity contribution < 1.29 is 18.0 Å². The van der Waals surface area contributed by atoms with Gasteiger partial charge in [-0.3, -0.25) is 13.9 Å². The summed E-state index contributed by atoms with van der Waals surface area (Å²) in [4.78, 5) is 29.5. The molecular weight excluding hydrogens is 605 g/mol. The number of anilines is 1. The molecule has 1 fully saturated rings. The number of carbonyl (C=O) groups excluding carboxylic acids is 2. The summed E-state index contributed by atoms with van der Waals surface area (Å²) in [5, 5.41) is 3.96. The molecule has 10 heteroatoms. The standard InChI is InChI=1S/C33H39Cl2N3O4S/c1-4-30(33(40)36-27-11-7-5-8-12-27)37(21-25-16-17-26(34)20-29(25)35)32(39)22-38(31-18-15-23(2)19-24(31)3)43(41,42)28-13-9-6-10-14-28/h6,9-10,13-20,27,30H,4-5,7-8,11-12,21-22H2,1-3H3,(H,36,40)/t30-/m1/s1. The molecule has 0 aromatic heterocycles. The zero-order valence-corrected chi connectivity index (χ0v) is 27.2. The van der Waals surface area contributed by atoms with Crippen molar-refractivity contribution in [1.29, 1.82) is 0 Å². The van der Waals surface area contributed by atoms with E-state index < -0.39 is 28.5 Å². The molecule has 0 unspecified atom stereocenters. The van der Waals surface area contributed by atoms with Crippen molar-refractivity contribution >= 4 is 50.7 Å². The minimum absolute atomic E-state index is 0.0114. The molecule has 43 heavy (non-hydrogen) atoms. The Labute approximate surface area is 265 Å². The number of benzene rings is 3. The first-order valence-electron chi connectivity index (χ1n) is 14.7. The van der Waals surface area contributed by atoms with E-state index in [1.807, 2.05) is 32.9 Å². The van der Waals surface area contributed by atoms with Crippen molar-refractivity contribution in [1.82, 2.24) is 10.2 Å². The Morgan fingerprint density at radius 2 is 1.65 bits per heavy atom. The number of nitrogens with one attached hydrogen (secondary N) is 1. The van der Waals surface area contributed by atoms with Crippen molar-refractivity contribution in [2.75, 3.05) is 10.8 Å². The molecule has 0 aliphatic heterocycles. The van der Waals surface area contributed by atoms with Gasteiger partial charge >= 0.3 is 0 Å². The normalized spacial score (nSPS) is 14.6. The van der Waals surface area contributed by atoms with Crippen LogP contribution in [0.2, 0.25) is 10.0 Å². The van der Waals surface area contributed by atoms with Gasteiger partial charge in [-0.15, -0.1) is 0 Å². The molecule has 1 aliphatic carbocycles. The Kier molecular flexibility index (Phi) is 11.2. The minimum atomic E-state index is -4.14. The molecule has 0 spiro atoms. The fraction of sp³-hybridized carbons (Fsp3) is 0.394. The van der Waals surface area contributed by atoms with Gasteiger partial charge in [-0.25, -0.2) is 8.42 Å². The number of sulfonamides is 1. The van der Waals surface area contributed by atoms with Crippen LogP contribution >= 0.6 is 23.2 Å². The summed E-state index contributed by atoms with van der Waals surface area (Å²) < 4.78 is 29.2. The van der Waals surface area contributed by atoms with Crippen LogP contribution in [0.25, 0.3) is 0 Å². The third-order valence-electron chi connectivity index (χ3n) is 7.92. The van der Waals surface area contributed by atoms with Gasteiger partial charge in [-0.2, -0.15) is 0 Å². The predicted molar refractivity (Wildman–Crippen MR) is 173 cm³/mol. The molecular formula is C33H39Cl2N3O4S. The molecule has 1 saturated carbocycles. The molecule has 2 amide bonds. The molecule has 0 heterocycles. The number of amides is 2. The first-order valence-corrected chi connectivity index (χ1v) is 16.9. The predicted octanol–water partition coefficient (Wildman–Crippen LogP) is 7.06. The molecule has 4 rings (SSSR count). The highest BCUT2D eigenvalue weighted by Gasteiger charge is 2.35. The Balaban J connectivity index is 1.74. The van der Waals surface area contributed by atoms with Gasteiger partial charge in [0.05, 0.1) is 10.6 Å². The second-order valence-corrected chi connectivity index (χ2v) is 13.8. The van der Waals surface area contributed by atoms with Crippen LogP contribution in [0.15, 0.2) is 71.6 Å². The Hall–Kier alpha value is -3.07. The Morgan fingerprint density at radius 3 is 2.28 bits per heavy atom. The van der Waals surface area contributed by atoms with Gasteiger partial charge in [-0.1, -0.05) is 91.3 Å². The van der Waals surface area contributed by atoms with Gasteiger partial charge in [0.25, 0.3) is 10.0 Å². The molecule has 1 atom stereocenters. The monoisotopic (exact) mass is 643 g/mol. The minimum Gasteiger partial charge on any atom is -0.352 e. The summed E-state index contributed by atoms with van der Waals surface area (Å²) in [6.07, 6.45) is 5.38. The van der Waals surface area contributed by atoms with E-state index in [0.717, 1.165) is 42.0 Å². The maximum absolute atomic E-state index is 14.3. The highest BCUT2D eigenvalue weighted by Crippen LogP contribution is 2.29. The van der Waals surface area contributed by atoms with Gasteiger partial charge < -0.3 is 10.2 Å². The van der Waals surface area contributed by atoms with E-state index in [0.29, 0.717) is 33.3 Å². The van der Waals surface area contributed by atoms with Crippen molar-refractivity contribution in [3.63, 3.8) is 0 Å². The average Bonchev–Trinajstić information content (AvgIpc) is 2.98. The topological polar surface area (TPSA) is 86.8 Å². The van der Waals surface area contributed by atoms with Crippen molar-refractivity contribution in [3.8, 4) is 0 Å². The van der Waals surface area contributed by atoms with Crippen LogP contribution in [0.3, 0.4) is 0 Å². The van der Waals surface area contributed by atoms with Crippen LogP contribution in [0.1, 0.15) is 62.1 Å². The first-order chi connectivity index (χ1) is 20.5. The van der Waals surface area contributed by atoms with Crippen molar-refractivity contribution in [2.45, 2.75) is 82.8 Å². The van der Waals surface area contributed by atoms with E-state index in [9.17, 15) is 18.0 Å². The number of hydrogen-bond acceptors (Lipinski definition) is 4. The second kappa shape index (κ2) is 14.6. The smallest absolute Gasteiger partial charge is 0.264 e. The van der Waals surface area contributed by atoms with E-state index in [4.69, 9.17) is 23.2 Å². The molecule has 1 aliphatic rings. The van der Waals surface area contributed by atoms with Crippen LogP contribution in [-0.4, -0.2) is 43.8 Å². The van der Waals surface area contributed by atoms with Gasteiger partial charge in [0.15, 0.2) is 0 Å². The highest BCUT2D eigenvalue weighted by molar-refractivity contribution is 7.92. The zero-order valence-electron chi connectivity index (χ0n) is 24.9. The van der Waals surface area contributed by atoms with Gasteiger partial charge in [0, 0.05) is 22.6 Å². The van der Waals surface area contributed by atoms with Crippen LogP contribution in [0, 0.1) is 13.8 Å². The van der Waals surface area contributed by atoms with Gasteiger partial charge in [0.2, 0.25) is 11.8 Å². The Morgan fingerprint density at radius 1 is 0.953 bits per heavy atom. The molecule has 0 bridgehead atoms. The quantitative estimate of drug-likeness (QED) is 0.242. The lowest BCUT2D eigenvalue weighted by Gasteiger charge is -2.35. The van der Waals surface area contributed by atoms with Crippen LogP contribution in [-0.2, 0) is 26.2 Å². The number of rotatable bonds is 11. The van der Waals surface area contributed by atoms with Gasteiger partial charge in [-0.05, 0) is 74.6 Å². The zero-order chi connectivity index (χ0) is 31.1. The number of carbonyl (C=O) groups is 2. The largest absolute Gasteiger partial charge is 0.352 e.